The van der Waals surface area contributed by atoms with Gasteiger partial charge in [0.15, 0.2) is 0 Å². The van der Waals surface area contributed by atoms with E-state index in [0.29, 0.717) is 12.1 Å². The molecule has 0 saturated carbocycles. The molecule has 106 valence electrons. The Balaban J connectivity index is 2.01. The van der Waals surface area contributed by atoms with Gasteiger partial charge >= 0.3 is 0 Å². The van der Waals surface area contributed by atoms with Gasteiger partial charge in [0.05, 0.1) is 0 Å². The van der Waals surface area contributed by atoms with Crippen LogP contribution in [0.5, 0.6) is 0 Å². The second-order valence-corrected chi connectivity index (χ2v) is 5.59. The Kier molecular flexibility index (Phi) is 5.34. The van der Waals surface area contributed by atoms with Gasteiger partial charge in [-0.2, -0.15) is 0 Å². The van der Waals surface area contributed by atoms with Crippen molar-refractivity contribution in [3.8, 4) is 0 Å². The summed E-state index contributed by atoms with van der Waals surface area (Å²) in [6, 6.07) is 8.14. The van der Waals surface area contributed by atoms with E-state index in [1.807, 2.05) is 19.2 Å². The van der Waals surface area contributed by atoms with Crippen molar-refractivity contribution in [2.45, 2.75) is 44.7 Å². The molecule has 1 aliphatic rings. The summed E-state index contributed by atoms with van der Waals surface area (Å²) in [5, 5.41) is 3.28. The van der Waals surface area contributed by atoms with Crippen LogP contribution < -0.4 is 5.32 Å². The number of benzene rings is 1. The largest absolute Gasteiger partial charge is 0.318 e. The zero-order valence-corrected chi connectivity index (χ0v) is 12.0. The number of rotatable bonds is 5. The number of hydrogen-bond donors (Lipinski definition) is 1. The van der Waals surface area contributed by atoms with Crippen LogP contribution in [0.1, 0.15) is 31.7 Å². The molecule has 0 spiro atoms. The maximum atomic E-state index is 13.7. The van der Waals surface area contributed by atoms with Crippen LogP contribution in [0.15, 0.2) is 24.3 Å². The van der Waals surface area contributed by atoms with E-state index in [-0.39, 0.29) is 5.82 Å². The van der Waals surface area contributed by atoms with Crippen LogP contribution >= 0.6 is 0 Å². The maximum absolute atomic E-state index is 13.7. The fourth-order valence-corrected chi connectivity index (χ4v) is 3.16. The summed E-state index contributed by atoms with van der Waals surface area (Å²) < 4.78 is 13.7. The van der Waals surface area contributed by atoms with Crippen molar-refractivity contribution in [2.24, 2.45) is 0 Å². The molecule has 0 radical (unpaired) electrons. The normalized spacial score (nSPS) is 22.4. The van der Waals surface area contributed by atoms with Gasteiger partial charge in [-0.05, 0) is 51.4 Å². The number of halogens is 1. The first kappa shape index (κ1) is 14.5. The van der Waals surface area contributed by atoms with Crippen molar-refractivity contribution >= 4 is 0 Å². The lowest BCUT2D eigenvalue weighted by Gasteiger charge is -2.40. The van der Waals surface area contributed by atoms with Gasteiger partial charge in [-0.15, -0.1) is 0 Å². The van der Waals surface area contributed by atoms with Gasteiger partial charge in [0, 0.05) is 18.6 Å². The molecule has 1 aliphatic heterocycles. The van der Waals surface area contributed by atoms with E-state index in [4.69, 9.17) is 0 Å². The third-order valence-corrected chi connectivity index (χ3v) is 4.15. The third kappa shape index (κ3) is 3.77. The van der Waals surface area contributed by atoms with Gasteiger partial charge in [-0.25, -0.2) is 4.39 Å². The lowest BCUT2D eigenvalue weighted by Crippen LogP contribution is -2.49. The fourth-order valence-electron chi connectivity index (χ4n) is 3.16. The van der Waals surface area contributed by atoms with Gasteiger partial charge < -0.3 is 5.32 Å². The van der Waals surface area contributed by atoms with Gasteiger partial charge in [-0.3, -0.25) is 4.90 Å². The van der Waals surface area contributed by atoms with Crippen LogP contribution in [0.2, 0.25) is 0 Å². The quantitative estimate of drug-likeness (QED) is 0.880. The highest BCUT2D eigenvalue weighted by molar-refractivity contribution is 5.18. The molecule has 0 amide bonds. The molecular weight excluding hydrogens is 239 g/mol. The molecule has 0 aliphatic carbocycles. The second kappa shape index (κ2) is 7.01. The van der Waals surface area contributed by atoms with Crippen molar-refractivity contribution < 1.29 is 4.39 Å². The van der Waals surface area contributed by atoms with E-state index < -0.39 is 0 Å². The van der Waals surface area contributed by atoms with E-state index in [1.165, 1.54) is 19.3 Å². The summed E-state index contributed by atoms with van der Waals surface area (Å²) in [5.41, 5.74) is 0.837. The highest BCUT2D eigenvalue weighted by atomic mass is 19.1. The van der Waals surface area contributed by atoms with Gasteiger partial charge in [0.1, 0.15) is 5.82 Å². The van der Waals surface area contributed by atoms with E-state index in [2.05, 4.69) is 17.1 Å². The first-order valence-corrected chi connectivity index (χ1v) is 7.36. The van der Waals surface area contributed by atoms with Crippen LogP contribution in [0.4, 0.5) is 4.39 Å². The molecule has 0 aromatic heterocycles. The van der Waals surface area contributed by atoms with Crippen molar-refractivity contribution in [2.75, 3.05) is 20.1 Å². The maximum Gasteiger partial charge on any atom is 0.126 e. The molecule has 1 aromatic rings. The van der Waals surface area contributed by atoms with Gasteiger partial charge in [0.2, 0.25) is 0 Å². The number of likely N-dealkylation sites (tertiary alicyclic amines) is 1. The molecule has 1 N–H and O–H groups in total. The lowest BCUT2D eigenvalue weighted by molar-refractivity contribution is 0.103. The zero-order chi connectivity index (χ0) is 13.7. The number of likely N-dealkylation sites (N-methyl/N-ethyl adjacent to an activating group) is 1. The van der Waals surface area contributed by atoms with E-state index >= 15 is 0 Å². The predicted octanol–water partition coefficient (Wildman–Crippen LogP) is 2.83. The van der Waals surface area contributed by atoms with Gasteiger partial charge in [-0.1, -0.05) is 24.6 Å². The average Bonchev–Trinajstić information content (AvgIpc) is 2.42. The SMILES string of the molecule is CNCC1CCCCN1C(C)Cc1ccccc1F. The fraction of sp³-hybridized carbons (Fsp3) is 0.625. The molecule has 1 aromatic carbocycles. The first-order chi connectivity index (χ1) is 9.22. The first-order valence-electron chi connectivity index (χ1n) is 7.36. The monoisotopic (exact) mass is 264 g/mol. The summed E-state index contributed by atoms with van der Waals surface area (Å²) in [4.78, 5) is 2.55. The van der Waals surface area contributed by atoms with Crippen molar-refractivity contribution in [1.82, 2.24) is 10.2 Å². The van der Waals surface area contributed by atoms with E-state index in [0.717, 1.165) is 25.1 Å². The minimum absolute atomic E-state index is 0.0727. The summed E-state index contributed by atoms with van der Waals surface area (Å²) in [6.45, 7) is 4.39. The number of nitrogens with zero attached hydrogens (tertiary/aromatic N) is 1. The summed E-state index contributed by atoms with van der Waals surface area (Å²) in [6.07, 6.45) is 4.63. The molecule has 0 bridgehead atoms. The van der Waals surface area contributed by atoms with Gasteiger partial charge in [0.25, 0.3) is 0 Å². The molecule has 1 heterocycles. The minimum Gasteiger partial charge on any atom is -0.318 e. The lowest BCUT2D eigenvalue weighted by atomic mass is 9.97. The minimum atomic E-state index is -0.0727. The Hall–Kier alpha value is -0.930. The topological polar surface area (TPSA) is 15.3 Å². The summed E-state index contributed by atoms with van der Waals surface area (Å²) in [7, 11) is 2.01. The summed E-state index contributed by atoms with van der Waals surface area (Å²) in [5.74, 6) is -0.0727. The smallest absolute Gasteiger partial charge is 0.126 e. The van der Waals surface area contributed by atoms with Crippen LogP contribution in [0.25, 0.3) is 0 Å². The molecule has 2 unspecified atom stereocenters. The number of piperidine rings is 1. The van der Waals surface area contributed by atoms with Crippen LogP contribution in [0, 0.1) is 5.82 Å². The van der Waals surface area contributed by atoms with Crippen LogP contribution in [0.3, 0.4) is 0 Å². The molecular formula is C16H25FN2. The Labute approximate surface area is 116 Å². The molecule has 2 rings (SSSR count). The van der Waals surface area contributed by atoms with Crippen LogP contribution in [-0.4, -0.2) is 37.1 Å². The van der Waals surface area contributed by atoms with Crippen molar-refractivity contribution in [1.29, 1.82) is 0 Å². The Morgan fingerprint density at radius 3 is 2.89 bits per heavy atom. The Bertz CT molecular complexity index is 392. The summed E-state index contributed by atoms with van der Waals surface area (Å²) >= 11 is 0. The Morgan fingerprint density at radius 2 is 2.16 bits per heavy atom. The van der Waals surface area contributed by atoms with Crippen LogP contribution in [-0.2, 0) is 6.42 Å². The number of nitrogens with one attached hydrogen (secondary N) is 1. The van der Waals surface area contributed by atoms with E-state index in [1.54, 1.807) is 12.1 Å². The standard InChI is InChI=1S/C16H25FN2/c1-13(11-14-7-3-4-9-16(14)17)19-10-6-5-8-15(19)12-18-2/h3-4,7,9,13,15,18H,5-6,8,10-12H2,1-2H3. The molecule has 3 heteroatoms. The average molecular weight is 264 g/mol. The molecule has 1 saturated heterocycles. The molecule has 1 fully saturated rings. The molecule has 2 atom stereocenters. The number of hydrogen-bond acceptors (Lipinski definition) is 2. The highest BCUT2D eigenvalue weighted by Gasteiger charge is 2.26. The molecule has 2 nitrogen and oxygen atoms in total. The predicted molar refractivity (Wildman–Crippen MR) is 77.8 cm³/mol. The Morgan fingerprint density at radius 1 is 1.37 bits per heavy atom. The molecule has 19 heavy (non-hydrogen) atoms. The van der Waals surface area contributed by atoms with Crippen molar-refractivity contribution in [3.05, 3.63) is 35.6 Å². The van der Waals surface area contributed by atoms with E-state index in [9.17, 15) is 4.39 Å². The zero-order valence-electron chi connectivity index (χ0n) is 12.0. The second-order valence-electron chi connectivity index (χ2n) is 5.59. The van der Waals surface area contributed by atoms with Crippen molar-refractivity contribution in [3.63, 3.8) is 0 Å². The third-order valence-electron chi connectivity index (χ3n) is 4.15. The highest BCUT2D eigenvalue weighted by Crippen LogP contribution is 2.21.